The van der Waals surface area contributed by atoms with Crippen molar-refractivity contribution >= 4 is 31.4 Å². The second kappa shape index (κ2) is 9.19. The quantitative estimate of drug-likeness (QED) is 0.242. The predicted molar refractivity (Wildman–Crippen MR) is 137 cm³/mol. The van der Waals surface area contributed by atoms with Crippen LogP contribution in [0, 0.1) is 6.92 Å². The molecule has 0 unspecified atom stereocenters. The van der Waals surface area contributed by atoms with Crippen LogP contribution in [0.25, 0.3) is 11.0 Å². The lowest BCUT2D eigenvalue weighted by molar-refractivity contribution is 0.508. The Hall–Kier alpha value is -3.65. The van der Waals surface area contributed by atoms with E-state index in [1.54, 1.807) is 42.5 Å². The summed E-state index contributed by atoms with van der Waals surface area (Å²) in [7, 11) is -7.05. The van der Waals surface area contributed by atoms with Crippen molar-refractivity contribution in [3.05, 3.63) is 131 Å². The zero-order valence-electron chi connectivity index (χ0n) is 18.8. The van der Waals surface area contributed by atoms with E-state index in [-0.39, 0.29) is 4.90 Å². The second-order valence-corrected chi connectivity index (χ2v) is 12.4. The average Bonchev–Trinajstić information content (AvgIpc) is 2.88. The molecule has 0 spiro atoms. The maximum Gasteiger partial charge on any atom is 0.336 e. The van der Waals surface area contributed by atoms with Crippen LogP contribution >= 0.6 is 10.3 Å². The van der Waals surface area contributed by atoms with Gasteiger partial charge in [0.1, 0.15) is 5.58 Å². The molecular formula is C28H22O5S2. The van der Waals surface area contributed by atoms with Gasteiger partial charge in [-0.3, -0.25) is 0 Å². The Morgan fingerprint density at radius 1 is 0.629 bits per heavy atom. The standard InChI is InChI=1S/C28H22O5S2/c1-21-15-17-24(18-16-21)35(30,31)33-34(22-9-4-2-5-10-22,23-11-6-3-7-12-23)27-14-8-13-26-25(27)19-20-28(29)32-26/h2-20H,1H3. The smallest absolute Gasteiger partial charge is 0.336 e. The highest BCUT2D eigenvalue weighted by Crippen LogP contribution is 2.71. The Balaban J connectivity index is 1.88. The van der Waals surface area contributed by atoms with Crippen LogP contribution < -0.4 is 5.63 Å². The molecule has 5 rings (SSSR count). The monoisotopic (exact) mass is 502 g/mol. The minimum atomic E-state index is -4.21. The maximum atomic E-state index is 13.8. The Kier molecular flexibility index (Phi) is 6.06. The molecule has 0 atom stereocenters. The average molecular weight is 503 g/mol. The van der Waals surface area contributed by atoms with Gasteiger partial charge in [-0.25, -0.2) is 8.42 Å². The topological polar surface area (TPSA) is 73.6 Å². The van der Waals surface area contributed by atoms with Crippen molar-refractivity contribution in [2.24, 2.45) is 0 Å². The molecule has 0 aliphatic heterocycles. The van der Waals surface area contributed by atoms with Crippen molar-refractivity contribution in [1.29, 1.82) is 0 Å². The lowest BCUT2D eigenvalue weighted by Gasteiger charge is -2.39. The van der Waals surface area contributed by atoms with E-state index in [4.69, 9.17) is 8.05 Å². The summed E-state index contributed by atoms with van der Waals surface area (Å²) in [5.41, 5.74) is 0.815. The molecule has 0 aliphatic rings. The summed E-state index contributed by atoms with van der Waals surface area (Å²) < 4.78 is 39.4. The summed E-state index contributed by atoms with van der Waals surface area (Å²) in [6, 6.07) is 33.5. The Bertz CT molecular complexity index is 1600. The molecule has 0 bridgehead atoms. The molecule has 0 aliphatic carbocycles. The third-order valence-corrected chi connectivity index (χ3v) is 10.8. The molecule has 0 N–H and O–H groups in total. The van der Waals surface area contributed by atoms with E-state index in [2.05, 4.69) is 0 Å². The van der Waals surface area contributed by atoms with E-state index < -0.39 is 26.1 Å². The summed E-state index contributed by atoms with van der Waals surface area (Å²) in [5.74, 6) is 0. The number of aryl methyl sites for hydroxylation is 1. The maximum absolute atomic E-state index is 13.8. The van der Waals surface area contributed by atoms with Crippen molar-refractivity contribution in [1.82, 2.24) is 0 Å². The molecular weight excluding hydrogens is 480 g/mol. The van der Waals surface area contributed by atoms with E-state index in [0.29, 0.717) is 25.7 Å². The van der Waals surface area contributed by atoms with E-state index in [1.807, 2.05) is 73.7 Å². The van der Waals surface area contributed by atoms with Gasteiger partial charge >= 0.3 is 15.7 Å². The van der Waals surface area contributed by atoms with Crippen molar-refractivity contribution < 1.29 is 16.5 Å². The van der Waals surface area contributed by atoms with Crippen molar-refractivity contribution in [2.75, 3.05) is 0 Å². The van der Waals surface area contributed by atoms with Gasteiger partial charge in [-0.1, -0.05) is 60.2 Å². The lowest BCUT2D eigenvalue weighted by Crippen LogP contribution is -2.15. The zero-order chi connectivity index (χ0) is 24.5. The van der Waals surface area contributed by atoms with Crippen LogP contribution in [-0.2, 0) is 13.7 Å². The van der Waals surface area contributed by atoms with Crippen LogP contribution in [0.3, 0.4) is 0 Å². The van der Waals surface area contributed by atoms with Gasteiger partial charge < -0.3 is 4.42 Å². The van der Waals surface area contributed by atoms with Gasteiger partial charge in [-0.2, -0.15) is 8.42 Å². The number of fused-ring (bicyclic) bond motifs is 1. The third-order valence-electron chi connectivity index (χ3n) is 5.58. The molecule has 35 heavy (non-hydrogen) atoms. The van der Waals surface area contributed by atoms with Crippen molar-refractivity contribution in [3.8, 4) is 0 Å². The fraction of sp³-hybridized carbons (Fsp3) is 0.0357. The first-order valence-electron chi connectivity index (χ1n) is 10.9. The van der Waals surface area contributed by atoms with Crippen LogP contribution in [0.4, 0.5) is 0 Å². The molecule has 0 amide bonds. The molecule has 0 radical (unpaired) electrons. The van der Waals surface area contributed by atoms with Gasteiger partial charge in [0.25, 0.3) is 0 Å². The van der Waals surface area contributed by atoms with Gasteiger partial charge in [-0.15, -0.1) is 0 Å². The minimum absolute atomic E-state index is 0.0682. The van der Waals surface area contributed by atoms with Gasteiger partial charge in [0.2, 0.25) is 0 Å². The van der Waals surface area contributed by atoms with E-state index >= 15 is 0 Å². The molecule has 0 fully saturated rings. The Labute approximate surface area is 205 Å². The van der Waals surface area contributed by atoms with Gasteiger partial charge in [-0.05, 0) is 71.8 Å². The number of benzene rings is 4. The summed E-state index contributed by atoms with van der Waals surface area (Å²) in [6.45, 7) is 1.89. The first-order chi connectivity index (χ1) is 16.9. The van der Waals surface area contributed by atoms with E-state index in [9.17, 15) is 13.2 Å². The van der Waals surface area contributed by atoms with Crippen LogP contribution in [0.2, 0.25) is 0 Å². The molecule has 5 nitrogen and oxygen atoms in total. The van der Waals surface area contributed by atoms with Crippen LogP contribution in [0.5, 0.6) is 0 Å². The number of hydrogen-bond acceptors (Lipinski definition) is 5. The highest BCUT2D eigenvalue weighted by molar-refractivity contribution is 8.33. The van der Waals surface area contributed by atoms with Gasteiger partial charge in [0, 0.05) is 26.1 Å². The Morgan fingerprint density at radius 3 is 1.83 bits per heavy atom. The highest BCUT2D eigenvalue weighted by atomic mass is 32.3. The van der Waals surface area contributed by atoms with Crippen molar-refractivity contribution in [2.45, 2.75) is 26.5 Å². The highest BCUT2D eigenvalue weighted by Gasteiger charge is 2.39. The summed E-state index contributed by atoms with van der Waals surface area (Å²) >= 11 is 0. The summed E-state index contributed by atoms with van der Waals surface area (Å²) in [5, 5.41) is 0.605. The van der Waals surface area contributed by atoms with Crippen LogP contribution in [0.15, 0.2) is 144 Å². The molecule has 1 heterocycles. The number of rotatable bonds is 6. The molecule has 4 aromatic carbocycles. The van der Waals surface area contributed by atoms with E-state index in [1.165, 1.54) is 6.07 Å². The Morgan fingerprint density at radius 2 is 1.23 bits per heavy atom. The van der Waals surface area contributed by atoms with E-state index in [0.717, 1.165) is 5.56 Å². The first-order valence-corrected chi connectivity index (χ1v) is 13.9. The minimum Gasteiger partial charge on any atom is -0.423 e. The molecule has 5 aromatic rings. The first kappa shape index (κ1) is 23.1. The molecule has 0 saturated carbocycles. The van der Waals surface area contributed by atoms with Crippen molar-refractivity contribution in [3.63, 3.8) is 0 Å². The lowest BCUT2D eigenvalue weighted by atomic mass is 10.2. The fourth-order valence-electron chi connectivity index (χ4n) is 3.93. The third kappa shape index (κ3) is 4.30. The molecule has 176 valence electrons. The predicted octanol–water partition coefficient (Wildman–Crippen LogP) is 6.70. The molecule has 1 aromatic heterocycles. The largest absolute Gasteiger partial charge is 0.423 e. The normalized spacial score (nSPS) is 12.5. The molecule has 7 heteroatoms. The van der Waals surface area contributed by atoms with Crippen LogP contribution in [0.1, 0.15) is 5.56 Å². The van der Waals surface area contributed by atoms with Gasteiger partial charge in [0.05, 0.1) is 4.90 Å². The zero-order valence-corrected chi connectivity index (χ0v) is 20.5. The number of hydrogen-bond donors (Lipinski definition) is 0. The summed E-state index contributed by atoms with van der Waals surface area (Å²) in [6.07, 6.45) is 0. The second-order valence-electron chi connectivity index (χ2n) is 7.94. The fourth-order valence-corrected chi connectivity index (χ4v) is 9.32. The van der Waals surface area contributed by atoms with Crippen LogP contribution in [-0.4, -0.2) is 8.42 Å². The summed E-state index contributed by atoms with van der Waals surface area (Å²) in [4.78, 5) is 14.0. The molecule has 0 saturated heterocycles. The van der Waals surface area contributed by atoms with Gasteiger partial charge in [0.15, 0.2) is 0 Å². The SMILES string of the molecule is Cc1ccc(S(=O)(=O)OS(c2ccccc2)(c2ccccc2)c2cccc3oc(=O)ccc23)cc1.